The van der Waals surface area contributed by atoms with Crippen LogP contribution < -0.4 is 5.73 Å². The largest absolute Gasteiger partial charge is 0.320 e. The molecule has 1 aliphatic rings. The van der Waals surface area contributed by atoms with Gasteiger partial charge in [-0.05, 0) is 30.8 Å². The molecule has 2 nitrogen and oxygen atoms in total. The van der Waals surface area contributed by atoms with Crippen molar-refractivity contribution in [3.05, 3.63) is 21.9 Å². The zero-order chi connectivity index (χ0) is 11.4. The molecule has 0 bridgehead atoms. The van der Waals surface area contributed by atoms with Crippen LogP contribution in [0.3, 0.4) is 0 Å². The Bertz CT molecular complexity index is 396. The molecule has 1 aliphatic carbocycles. The summed E-state index contributed by atoms with van der Waals surface area (Å²) in [6.07, 6.45) is 2.73. The topological polar surface area (TPSA) is 29.3 Å². The molecule has 0 radical (unpaired) electrons. The Morgan fingerprint density at radius 1 is 1.56 bits per heavy atom. The van der Waals surface area contributed by atoms with E-state index in [1.165, 1.54) is 17.7 Å². The third-order valence-electron chi connectivity index (χ3n) is 2.89. The van der Waals surface area contributed by atoms with E-state index in [-0.39, 0.29) is 0 Å². The molecule has 0 spiro atoms. The zero-order valence-corrected chi connectivity index (χ0v) is 10.5. The van der Waals surface area contributed by atoms with Gasteiger partial charge in [0, 0.05) is 23.0 Å². The molecule has 0 saturated heterocycles. The Hall–Kier alpha value is -0.820. The van der Waals surface area contributed by atoms with Crippen molar-refractivity contribution in [1.82, 2.24) is 4.90 Å². The highest BCUT2D eigenvalue weighted by atomic mass is 32.1. The molecule has 0 aromatic carbocycles. The van der Waals surface area contributed by atoms with Crippen LogP contribution in [0.1, 0.15) is 30.2 Å². The summed E-state index contributed by atoms with van der Waals surface area (Å²) in [5, 5.41) is 2.12. The van der Waals surface area contributed by atoms with E-state index in [0.717, 1.165) is 24.7 Å². The van der Waals surface area contributed by atoms with Crippen LogP contribution in [0.15, 0.2) is 11.4 Å². The van der Waals surface area contributed by atoms with E-state index in [1.807, 2.05) is 0 Å². The molecule has 1 fully saturated rings. The second-order valence-electron chi connectivity index (χ2n) is 4.06. The van der Waals surface area contributed by atoms with Gasteiger partial charge in [-0.25, -0.2) is 0 Å². The summed E-state index contributed by atoms with van der Waals surface area (Å²) < 4.78 is 0. The lowest BCUT2D eigenvalue weighted by Crippen LogP contribution is -2.24. The molecule has 1 aromatic heterocycles. The third kappa shape index (κ3) is 2.85. The van der Waals surface area contributed by atoms with E-state index in [0.29, 0.717) is 6.54 Å². The minimum atomic E-state index is 0.440. The van der Waals surface area contributed by atoms with Crippen LogP contribution >= 0.6 is 11.3 Å². The Morgan fingerprint density at radius 3 is 3.00 bits per heavy atom. The molecule has 0 atom stereocenters. The quantitative estimate of drug-likeness (QED) is 0.808. The van der Waals surface area contributed by atoms with Gasteiger partial charge in [0.15, 0.2) is 0 Å². The minimum absolute atomic E-state index is 0.440. The predicted molar refractivity (Wildman–Crippen MR) is 69.4 cm³/mol. The van der Waals surface area contributed by atoms with Crippen molar-refractivity contribution in [2.45, 2.75) is 32.4 Å². The molecule has 1 saturated carbocycles. The third-order valence-corrected chi connectivity index (χ3v) is 3.79. The van der Waals surface area contributed by atoms with Gasteiger partial charge in [0.25, 0.3) is 0 Å². The highest BCUT2D eigenvalue weighted by Gasteiger charge is 2.28. The first-order valence-corrected chi connectivity index (χ1v) is 6.72. The van der Waals surface area contributed by atoms with Crippen LogP contribution in [0.5, 0.6) is 0 Å². The lowest BCUT2D eigenvalue weighted by atomic mass is 10.2. The molecule has 0 amide bonds. The molecule has 1 aromatic rings. The average Bonchev–Trinajstić information content (AvgIpc) is 3.05. The second-order valence-corrected chi connectivity index (χ2v) is 5.06. The molecule has 0 unspecified atom stereocenters. The van der Waals surface area contributed by atoms with Crippen molar-refractivity contribution in [3.63, 3.8) is 0 Å². The van der Waals surface area contributed by atoms with Crippen LogP contribution in [-0.4, -0.2) is 24.0 Å². The maximum absolute atomic E-state index is 5.40. The molecular weight excluding hydrogens is 216 g/mol. The molecule has 86 valence electrons. The molecule has 16 heavy (non-hydrogen) atoms. The van der Waals surface area contributed by atoms with Gasteiger partial charge in [-0.1, -0.05) is 18.8 Å². The Kier molecular flexibility index (Phi) is 4.00. The number of nitrogens with zero attached hydrogens (tertiary/aromatic N) is 1. The number of rotatable bonds is 4. The van der Waals surface area contributed by atoms with E-state index in [9.17, 15) is 0 Å². The van der Waals surface area contributed by atoms with Crippen LogP contribution in [0, 0.1) is 11.8 Å². The van der Waals surface area contributed by atoms with Crippen molar-refractivity contribution in [2.75, 3.05) is 13.1 Å². The van der Waals surface area contributed by atoms with Gasteiger partial charge in [-0.2, -0.15) is 0 Å². The maximum atomic E-state index is 5.40. The van der Waals surface area contributed by atoms with Gasteiger partial charge in [0.05, 0.1) is 6.54 Å². The van der Waals surface area contributed by atoms with Gasteiger partial charge in [0.2, 0.25) is 0 Å². The first-order valence-electron chi connectivity index (χ1n) is 5.84. The van der Waals surface area contributed by atoms with E-state index in [4.69, 9.17) is 5.73 Å². The first kappa shape index (κ1) is 11.7. The summed E-state index contributed by atoms with van der Waals surface area (Å²) >= 11 is 1.80. The fourth-order valence-corrected chi connectivity index (χ4v) is 2.70. The fourth-order valence-electron chi connectivity index (χ4n) is 1.84. The second kappa shape index (κ2) is 5.49. The van der Waals surface area contributed by atoms with E-state index in [2.05, 4.69) is 35.1 Å². The predicted octanol–water partition coefficient (Wildman–Crippen LogP) is 2.04. The summed E-state index contributed by atoms with van der Waals surface area (Å²) in [6, 6.07) is 2.92. The van der Waals surface area contributed by atoms with Crippen molar-refractivity contribution in [2.24, 2.45) is 5.73 Å². The fraction of sp³-hybridized carbons (Fsp3) is 0.538. The van der Waals surface area contributed by atoms with Gasteiger partial charge < -0.3 is 5.73 Å². The maximum Gasteiger partial charge on any atom is 0.0555 e. The summed E-state index contributed by atoms with van der Waals surface area (Å²) in [7, 11) is 0. The lowest BCUT2D eigenvalue weighted by Gasteiger charge is -2.18. The normalized spacial score (nSPS) is 14.9. The molecule has 0 aliphatic heterocycles. The highest BCUT2D eigenvalue weighted by Crippen LogP contribution is 2.29. The Labute approximate surface area is 101 Å². The number of hydrogen-bond acceptors (Lipinski definition) is 3. The standard InChI is InChI=1S/C13H18N2S/c1-2-15(12-5-6-12)10-13-11(4-3-8-14)7-9-16-13/h7,9,12H,2,5-6,8,10,14H2,1H3. The van der Waals surface area contributed by atoms with Crippen LogP contribution in [0.2, 0.25) is 0 Å². The van der Waals surface area contributed by atoms with Gasteiger partial charge in [0.1, 0.15) is 0 Å². The first-order chi connectivity index (χ1) is 7.85. The lowest BCUT2D eigenvalue weighted by molar-refractivity contribution is 0.271. The smallest absolute Gasteiger partial charge is 0.0555 e. The molecule has 2 rings (SSSR count). The van der Waals surface area contributed by atoms with Crippen molar-refractivity contribution in [1.29, 1.82) is 0 Å². The molecule has 3 heteroatoms. The average molecular weight is 234 g/mol. The molecule has 1 heterocycles. The van der Waals surface area contributed by atoms with Gasteiger partial charge in [-0.15, -0.1) is 11.3 Å². The van der Waals surface area contributed by atoms with E-state index >= 15 is 0 Å². The molecular formula is C13H18N2S. The Balaban J connectivity index is 2.05. The summed E-state index contributed by atoms with van der Waals surface area (Å²) in [5.74, 6) is 6.08. The van der Waals surface area contributed by atoms with Crippen molar-refractivity contribution >= 4 is 11.3 Å². The number of thiophene rings is 1. The monoisotopic (exact) mass is 234 g/mol. The van der Waals surface area contributed by atoms with Crippen LogP contribution in [-0.2, 0) is 6.54 Å². The van der Waals surface area contributed by atoms with E-state index in [1.54, 1.807) is 11.3 Å². The number of hydrogen-bond donors (Lipinski definition) is 1. The highest BCUT2D eigenvalue weighted by molar-refractivity contribution is 7.10. The Morgan fingerprint density at radius 2 is 2.38 bits per heavy atom. The summed E-state index contributed by atoms with van der Waals surface area (Å²) in [4.78, 5) is 3.93. The SMILES string of the molecule is CCN(Cc1sccc1C#CCN)C1CC1. The van der Waals surface area contributed by atoms with E-state index < -0.39 is 0 Å². The number of nitrogens with two attached hydrogens (primary N) is 1. The zero-order valence-electron chi connectivity index (χ0n) is 9.70. The minimum Gasteiger partial charge on any atom is -0.320 e. The summed E-state index contributed by atoms with van der Waals surface area (Å²) in [5.41, 5.74) is 6.56. The van der Waals surface area contributed by atoms with Gasteiger partial charge >= 0.3 is 0 Å². The van der Waals surface area contributed by atoms with Crippen LogP contribution in [0.25, 0.3) is 0 Å². The molecule has 2 N–H and O–H groups in total. The van der Waals surface area contributed by atoms with Crippen LogP contribution in [0.4, 0.5) is 0 Å². The van der Waals surface area contributed by atoms with Crippen molar-refractivity contribution in [3.8, 4) is 11.8 Å². The van der Waals surface area contributed by atoms with Crippen molar-refractivity contribution < 1.29 is 0 Å². The van der Waals surface area contributed by atoms with Gasteiger partial charge in [-0.3, -0.25) is 4.90 Å². The summed E-state index contributed by atoms with van der Waals surface area (Å²) in [6.45, 7) is 4.85.